The topological polar surface area (TPSA) is 77.2 Å². The molecule has 0 unspecified atom stereocenters. The molecule has 126 valence electrons. The Kier molecular flexibility index (Phi) is 5.43. The Morgan fingerprint density at radius 1 is 1.21 bits per heavy atom. The molecule has 3 rings (SSSR count). The number of aromatic nitrogens is 1. The molecule has 3 N–H and O–H groups in total. The van der Waals surface area contributed by atoms with Gasteiger partial charge in [0.15, 0.2) is 0 Å². The molecule has 0 bridgehead atoms. The van der Waals surface area contributed by atoms with E-state index in [1.807, 2.05) is 30.5 Å². The minimum Gasteiger partial charge on any atom is -0.492 e. The van der Waals surface area contributed by atoms with Crippen LogP contribution in [0.5, 0.6) is 5.75 Å². The molecule has 2 aromatic rings. The summed E-state index contributed by atoms with van der Waals surface area (Å²) in [6.45, 7) is 1.51. The van der Waals surface area contributed by atoms with Crippen LogP contribution < -0.4 is 15.8 Å². The van der Waals surface area contributed by atoms with Crippen LogP contribution >= 0.6 is 0 Å². The number of rotatable bonds is 7. The third-order valence-electron chi connectivity index (χ3n) is 4.14. The van der Waals surface area contributed by atoms with Gasteiger partial charge in [-0.1, -0.05) is 18.2 Å². The van der Waals surface area contributed by atoms with Crippen molar-refractivity contribution in [2.75, 3.05) is 13.2 Å². The Bertz CT molecular complexity index is 698. The zero-order valence-electron chi connectivity index (χ0n) is 13.8. The van der Waals surface area contributed by atoms with E-state index in [2.05, 4.69) is 16.4 Å². The molecule has 0 fully saturated rings. The maximum Gasteiger partial charge on any atom is 0.224 e. The van der Waals surface area contributed by atoms with Crippen LogP contribution in [0.4, 0.5) is 0 Å². The zero-order valence-corrected chi connectivity index (χ0v) is 13.8. The average Bonchev–Trinajstić information content (AvgIpc) is 3.07. The number of nitrogens with zero attached hydrogens (tertiary/aromatic N) is 1. The third-order valence-corrected chi connectivity index (χ3v) is 4.14. The average molecular weight is 325 g/mol. The van der Waals surface area contributed by atoms with Crippen molar-refractivity contribution in [2.45, 2.75) is 32.2 Å². The first-order valence-electron chi connectivity index (χ1n) is 8.40. The normalized spacial score (nSPS) is 12.7. The van der Waals surface area contributed by atoms with Crippen molar-refractivity contribution in [3.05, 3.63) is 58.9 Å². The number of amides is 1. The van der Waals surface area contributed by atoms with E-state index in [-0.39, 0.29) is 5.91 Å². The second kappa shape index (κ2) is 7.93. The van der Waals surface area contributed by atoms with E-state index in [0.717, 1.165) is 29.7 Å². The summed E-state index contributed by atoms with van der Waals surface area (Å²) in [4.78, 5) is 16.6. The van der Waals surface area contributed by atoms with Gasteiger partial charge < -0.3 is 15.8 Å². The summed E-state index contributed by atoms with van der Waals surface area (Å²) in [7, 11) is 0. The van der Waals surface area contributed by atoms with Crippen molar-refractivity contribution in [1.29, 1.82) is 0 Å². The van der Waals surface area contributed by atoms with E-state index in [9.17, 15) is 4.79 Å². The molecule has 0 spiro atoms. The number of nitrogens with two attached hydrogens (primary N) is 1. The maximum atomic E-state index is 12.1. The minimum atomic E-state index is 0.00567. The number of benzene rings is 1. The molecule has 1 aliphatic rings. The van der Waals surface area contributed by atoms with Crippen LogP contribution in [0.25, 0.3) is 0 Å². The number of nitrogens with one attached hydrogen (secondary N) is 1. The highest BCUT2D eigenvalue weighted by molar-refractivity contribution is 5.78. The monoisotopic (exact) mass is 325 g/mol. The zero-order chi connectivity index (χ0) is 16.8. The Morgan fingerprint density at radius 2 is 2.04 bits per heavy atom. The predicted molar refractivity (Wildman–Crippen MR) is 92.8 cm³/mol. The van der Waals surface area contributed by atoms with E-state index in [1.54, 1.807) is 0 Å². The molecular weight excluding hydrogens is 302 g/mol. The molecule has 0 saturated carbocycles. The molecule has 24 heavy (non-hydrogen) atoms. The maximum absolute atomic E-state index is 12.1. The summed E-state index contributed by atoms with van der Waals surface area (Å²) < 4.78 is 5.42. The number of carbonyl (C=O) groups excluding carboxylic acids is 1. The van der Waals surface area contributed by atoms with E-state index in [4.69, 9.17) is 10.5 Å². The largest absolute Gasteiger partial charge is 0.492 e. The number of carbonyl (C=O) groups is 1. The van der Waals surface area contributed by atoms with Crippen molar-refractivity contribution in [3.63, 3.8) is 0 Å². The van der Waals surface area contributed by atoms with Gasteiger partial charge in [-0.15, -0.1) is 0 Å². The number of hydrogen-bond donors (Lipinski definition) is 2. The van der Waals surface area contributed by atoms with Crippen LogP contribution in [-0.4, -0.2) is 24.0 Å². The van der Waals surface area contributed by atoms with Crippen molar-refractivity contribution >= 4 is 5.91 Å². The van der Waals surface area contributed by atoms with Crippen LogP contribution in [0, 0.1) is 0 Å². The summed E-state index contributed by atoms with van der Waals surface area (Å²) in [5, 5.41) is 2.96. The number of fused-ring (bicyclic) bond motifs is 1. The standard InChI is InChI=1S/C19H23N3O2/c20-8-9-24-17-6-4-14(5-7-17)11-19(23)22-13-15-10-16-2-1-3-18(16)21-12-15/h4-7,10,12H,1-3,8-9,11,13,20H2,(H,22,23). The highest BCUT2D eigenvalue weighted by Crippen LogP contribution is 2.20. The molecule has 5 nitrogen and oxygen atoms in total. The van der Waals surface area contributed by atoms with Gasteiger partial charge in [0, 0.05) is 25.0 Å². The summed E-state index contributed by atoms with van der Waals surface area (Å²) >= 11 is 0. The molecule has 0 atom stereocenters. The summed E-state index contributed by atoms with van der Waals surface area (Å²) in [6.07, 6.45) is 5.59. The smallest absolute Gasteiger partial charge is 0.224 e. The highest BCUT2D eigenvalue weighted by atomic mass is 16.5. The first-order chi connectivity index (χ1) is 11.7. The Balaban J connectivity index is 1.48. The molecule has 0 saturated heterocycles. The molecule has 1 aromatic carbocycles. The fourth-order valence-electron chi connectivity index (χ4n) is 2.90. The molecule has 0 aliphatic heterocycles. The SMILES string of the molecule is NCCOc1ccc(CC(=O)NCc2cnc3c(c2)CCC3)cc1. The van der Waals surface area contributed by atoms with Gasteiger partial charge in [-0.2, -0.15) is 0 Å². The molecule has 1 amide bonds. The van der Waals surface area contributed by atoms with Gasteiger partial charge in [0.1, 0.15) is 12.4 Å². The summed E-state index contributed by atoms with van der Waals surface area (Å²) in [6, 6.07) is 9.70. The van der Waals surface area contributed by atoms with Gasteiger partial charge in [0.2, 0.25) is 5.91 Å². The minimum absolute atomic E-state index is 0.00567. The van der Waals surface area contributed by atoms with Gasteiger partial charge in [-0.25, -0.2) is 0 Å². The van der Waals surface area contributed by atoms with Gasteiger partial charge in [-0.05, 0) is 48.1 Å². The highest BCUT2D eigenvalue weighted by Gasteiger charge is 2.12. The van der Waals surface area contributed by atoms with Crippen LogP contribution in [0.2, 0.25) is 0 Å². The van der Waals surface area contributed by atoms with Crippen molar-refractivity contribution < 1.29 is 9.53 Å². The van der Waals surface area contributed by atoms with E-state index in [1.165, 1.54) is 17.7 Å². The van der Waals surface area contributed by atoms with Crippen molar-refractivity contribution in [1.82, 2.24) is 10.3 Å². The Hall–Kier alpha value is -2.40. The first-order valence-corrected chi connectivity index (χ1v) is 8.40. The van der Waals surface area contributed by atoms with Crippen LogP contribution in [0.15, 0.2) is 36.5 Å². The van der Waals surface area contributed by atoms with Gasteiger partial charge in [-0.3, -0.25) is 9.78 Å². The second-order valence-electron chi connectivity index (χ2n) is 6.04. The van der Waals surface area contributed by atoms with Crippen LogP contribution in [-0.2, 0) is 30.6 Å². The lowest BCUT2D eigenvalue weighted by Gasteiger charge is -2.08. The Morgan fingerprint density at radius 3 is 2.83 bits per heavy atom. The molecule has 0 radical (unpaired) electrons. The van der Waals surface area contributed by atoms with E-state index >= 15 is 0 Å². The summed E-state index contributed by atoms with van der Waals surface area (Å²) in [5.41, 5.74) is 9.96. The van der Waals surface area contributed by atoms with Crippen molar-refractivity contribution in [2.24, 2.45) is 5.73 Å². The molecular formula is C19H23N3O2. The number of aryl methyl sites for hydroxylation is 2. The lowest BCUT2D eigenvalue weighted by atomic mass is 10.1. The van der Waals surface area contributed by atoms with Crippen LogP contribution in [0.3, 0.4) is 0 Å². The Labute approximate surface area is 142 Å². The van der Waals surface area contributed by atoms with E-state index < -0.39 is 0 Å². The molecule has 5 heteroatoms. The molecule has 1 aliphatic carbocycles. The fourth-order valence-corrected chi connectivity index (χ4v) is 2.90. The van der Waals surface area contributed by atoms with Crippen LogP contribution in [0.1, 0.15) is 28.8 Å². The van der Waals surface area contributed by atoms with Gasteiger partial charge in [0.05, 0.1) is 6.42 Å². The quantitative estimate of drug-likeness (QED) is 0.813. The van der Waals surface area contributed by atoms with Gasteiger partial charge in [0.25, 0.3) is 0 Å². The lowest BCUT2D eigenvalue weighted by Crippen LogP contribution is -2.24. The molecule has 1 heterocycles. The lowest BCUT2D eigenvalue weighted by molar-refractivity contribution is -0.120. The third kappa shape index (κ3) is 4.32. The molecule has 1 aromatic heterocycles. The first kappa shape index (κ1) is 16.5. The van der Waals surface area contributed by atoms with E-state index in [0.29, 0.717) is 26.1 Å². The predicted octanol–water partition coefficient (Wildman–Crippen LogP) is 1.77. The number of ether oxygens (including phenoxy) is 1. The fraction of sp³-hybridized carbons (Fsp3) is 0.368. The number of pyridine rings is 1. The number of hydrogen-bond acceptors (Lipinski definition) is 4. The second-order valence-corrected chi connectivity index (χ2v) is 6.04. The van der Waals surface area contributed by atoms with Crippen molar-refractivity contribution in [3.8, 4) is 5.75 Å². The summed E-state index contributed by atoms with van der Waals surface area (Å²) in [5.74, 6) is 0.778. The van der Waals surface area contributed by atoms with Gasteiger partial charge >= 0.3 is 0 Å².